The Hall–Kier alpha value is -7.89. The van der Waals surface area contributed by atoms with Crippen molar-refractivity contribution in [3.63, 3.8) is 0 Å². The van der Waals surface area contributed by atoms with Gasteiger partial charge in [-0.25, -0.2) is 15.0 Å². The number of allylic oxidation sites excluding steroid dienone is 2. The summed E-state index contributed by atoms with van der Waals surface area (Å²) in [6.07, 6.45) is 11.9. The molecule has 13 rings (SSSR count). The first-order valence-corrected chi connectivity index (χ1v) is 21.4. The number of rotatable bonds is 5. The molecule has 8 aromatic carbocycles. The Morgan fingerprint density at radius 1 is 0.452 bits per heavy atom. The molecular weight excluding hydrogens is 759 g/mol. The van der Waals surface area contributed by atoms with Crippen molar-refractivity contribution in [3.05, 3.63) is 198 Å². The molecular formula is C57H37N3O2. The van der Waals surface area contributed by atoms with Gasteiger partial charge >= 0.3 is 0 Å². The van der Waals surface area contributed by atoms with Crippen molar-refractivity contribution < 1.29 is 8.83 Å². The number of para-hydroxylation sites is 2. The predicted octanol–water partition coefficient (Wildman–Crippen LogP) is 14.8. The van der Waals surface area contributed by atoms with E-state index in [-0.39, 0.29) is 5.92 Å². The SMILES string of the molecule is C1=Cc2ccc(-c3ccc(-c4ccc(-c5nc(-c6cccc7oc8ccccc8c67)nc(C6C=Cc7ccccc7C6)n5)c5ccccc45)c4c3oc3ccccc34)cc2CC1. The van der Waals surface area contributed by atoms with Crippen LogP contribution < -0.4 is 0 Å². The molecule has 3 aromatic heterocycles. The average Bonchev–Trinajstić information content (AvgIpc) is 3.92. The van der Waals surface area contributed by atoms with E-state index in [9.17, 15) is 0 Å². The molecule has 5 heteroatoms. The van der Waals surface area contributed by atoms with Crippen LogP contribution in [0.4, 0.5) is 0 Å². The van der Waals surface area contributed by atoms with E-state index in [2.05, 4.69) is 152 Å². The molecule has 1 unspecified atom stereocenters. The Kier molecular flexibility index (Phi) is 7.79. The first kappa shape index (κ1) is 34.9. The monoisotopic (exact) mass is 795 g/mol. The van der Waals surface area contributed by atoms with E-state index < -0.39 is 0 Å². The Bertz CT molecular complexity index is 3700. The van der Waals surface area contributed by atoms with Gasteiger partial charge in [0.2, 0.25) is 0 Å². The fourth-order valence-electron chi connectivity index (χ4n) is 9.96. The Morgan fingerprint density at radius 2 is 1.11 bits per heavy atom. The molecule has 0 amide bonds. The molecule has 292 valence electrons. The fourth-order valence-corrected chi connectivity index (χ4v) is 9.96. The van der Waals surface area contributed by atoms with Gasteiger partial charge in [-0.1, -0.05) is 152 Å². The first-order chi connectivity index (χ1) is 30.7. The summed E-state index contributed by atoms with van der Waals surface area (Å²) in [4.78, 5) is 16.0. The number of aryl methyl sites for hydroxylation is 1. The standard InChI is InChI=1S/C57H37N3O2/c1-3-14-36-32-38(26-24-34(36)12-1)40-28-30-44(53-47-19-8-10-22-50(47)62-54(40)53)43-29-31-45(42-17-6-5-16-41(42)43)56-58-55(39-27-25-35-13-2-4-15-37(35)33-39)59-57(60-56)48-20-11-23-51-52(48)46-18-7-9-21-49(46)61-51/h1-2,4-13,15-32,39H,3,14,33H2. The summed E-state index contributed by atoms with van der Waals surface area (Å²) in [5.41, 5.74) is 15.0. The van der Waals surface area contributed by atoms with Gasteiger partial charge in [-0.15, -0.1) is 0 Å². The lowest BCUT2D eigenvalue weighted by Crippen LogP contribution is -2.12. The van der Waals surface area contributed by atoms with E-state index in [1.807, 2.05) is 30.3 Å². The van der Waals surface area contributed by atoms with Crippen LogP contribution in [0.5, 0.6) is 0 Å². The van der Waals surface area contributed by atoms with Crippen LogP contribution in [0.1, 0.15) is 40.4 Å². The van der Waals surface area contributed by atoms with Crippen LogP contribution in [-0.2, 0) is 12.8 Å². The zero-order chi connectivity index (χ0) is 40.7. The number of hydrogen-bond donors (Lipinski definition) is 0. The minimum Gasteiger partial charge on any atom is -0.456 e. The number of nitrogens with zero attached hydrogens (tertiary/aromatic N) is 3. The lowest BCUT2D eigenvalue weighted by atomic mass is 9.88. The van der Waals surface area contributed by atoms with Gasteiger partial charge in [0.15, 0.2) is 11.6 Å². The first-order valence-electron chi connectivity index (χ1n) is 21.4. The Morgan fingerprint density at radius 3 is 1.98 bits per heavy atom. The maximum absolute atomic E-state index is 6.80. The number of fused-ring (bicyclic) bond motifs is 9. The number of hydrogen-bond acceptors (Lipinski definition) is 5. The van der Waals surface area contributed by atoms with Crippen molar-refractivity contribution in [3.8, 4) is 45.0 Å². The topological polar surface area (TPSA) is 65.0 Å². The number of aromatic nitrogens is 3. The van der Waals surface area contributed by atoms with E-state index in [4.69, 9.17) is 23.8 Å². The maximum atomic E-state index is 6.80. The van der Waals surface area contributed by atoms with E-state index in [0.29, 0.717) is 11.6 Å². The highest BCUT2D eigenvalue weighted by Gasteiger charge is 2.25. The lowest BCUT2D eigenvalue weighted by Gasteiger charge is -2.20. The van der Waals surface area contributed by atoms with Crippen molar-refractivity contribution >= 4 is 66.8 Å². The second-order valence-corrected chi connectivity index (χ2v) is 16.5. The van der Waals surface area contributed by atoms with Gasteiger partial charge in [-0.3, -0.25) is 0 Å². The fraction of sp³-hybridized carbons (Fsp3) is 0.0702. The number of furan rings is 2. The summed E-state index contributed by atoms with van der Waals surface area (Å²) in [5, 5.41) is 6.44. The quantitative estimate of drug-likeness (QED) is 0.174. The van der Waals surface area contributed by atoms with Crippen LogP contribution in [-0.4, -0.2) is 15.0 Å². The highest BCUT2D eigenvalue weighted by molar-refractivity contribution is 6.19. The second-order valence-electron chi connectivity index (χ2n) is 16.5. The van der Waals surface area contributed by atoms with Crippen molar-refractivity contribution in [2.45, 2.75) is 25.2 Å². The summed E-state index contributed by atoms with van der Waals surface area (Å²) in [6.45, 7) is 0. The predicted molar refractivity (Wildman–Crippen MR) is 253 cm³/mol. The lowest BCUT2D eigenvalue weighted by molar-refractivity contribution is 0.669. The second kappa shape index (κ2) is 13.8. The molecule has 0 saturated carbocycles. The van der Waals surface area contributed by atoms with Crippen LogP contribution in [0.25, 0.3) is 112 Å². The summed E-state index contributed by atoms with van der Waals surface area (Å²) < 4.78 is 13.1. The average molecular weight is 796 g/mol. The molecule has 2 aliphatic carbocycles. The molecule has 5 nitrogen and oxygen atoms in total. The summed E-state index contributed by atoms with van der Waals surface area (Å²) in [5.74, 6) is 1.99. The molecule has 0 radical (unpaired) electrons. The summed E-state index contributed by atoms with van der Waals surface area (Å²) in [7, 11) is 0. The van der Waals surface area contributed by atoms with E-state index >= 15 is 0 Å². The van der Waals surface area contributed by atoms with Crippen molar-refractivity contribution in [1.29, 1.82) is 0 Å². The molecule has 0 aliphatic heterocycles. The minimum atomic E-state index is -0.0241. The van der Waals surface area contributed by atoms with Gasteiger partial charge in [0.05, 0.1) is 0 Å². The van der Waals surface area contributed by atoms with Crippen molar-refractivity contribution in [2.75, 3.05) is 0 Å². The molecule has 62 heavy (non-hydrogen) atoms. The van der Waals surface area contributed by atoms with Crippen LogP contribution in [0.2, 0.25) is 0 Å². The van der Waals surface area contributed by atoms with E-state index in [0.717, 1.165) is 108 Å². The maximum Gasteiger partial charge on any atom is 0.164 e. The third-order valence-electron chi connectivity index (χ3n) is 12.9. The van der Waals surface area contributed by atoms with Crippen molar-refractivity contribution in [2.24, 2.45) is 0 Å². The van der Waals surface area contributed by atoms with Crippen molar-refractivity contribution in [1.82, 2.24) is 15.0 Å². The Labute approximate surface area is 357 Å². The molecule has 3 heterocycles. The molecule has 0 bridgehead atoms. The molecule has 0 spiro atoms. The molecule has 0 N–H and O–H groups in total. The van der Waals surface area contributed by atoms with Crippen LogP contribution in [0.3, 0.4) is 0 Å². The minimum absolute atomic E-state index is 0.0241. The third-order valence-corrected chi connectivity index (χ3v) is 12.9. The molecule has 2 aliphatic rings. The highest BCUT2D eigenvalue weighted by Crippen LogP contribution is 2.45. The van der Waals surface area contributed by atoms with E-state index in [1.165, 1.54) is 27.8 Å². The van der Waals surface area contributed by atoms with Gasteiger partial charge in [0, 0.05) is 44.2 Å². The highest BCUT2D eigenvalue weighted by atomic mass is 16.3. The van der Waals surface area contributed by atoms with E-state index in [1.54, 1.807) is 0 Å². The van der Waals surface area contributed by atoms with Crippen LogP contribution >= 0.6 is 0 Å². The summed E-state index contributed by atoms with van der Waals surface area (Å²) >= 11 is 0. The normalized spacial score (nSPS) is 14.6. The molecule has 11 aromatic rings. The zero-order valence-corrected chi connectivity index (χ0v) is 33.7. The summed E-state index contributed by atoms with van der Waals surface area (Å²) in [6, 6.07) is 55.7. The van der Waals surface area contributed by atoms with Crippen LogP contribution in [0.15, 0.2) is 179 Å². The van der Waals surface area contributed by atoms with Gasteiger partial charge in [-0.05, 0) is 99.3 Å². The van der Waals surface area contributed by atoms with Gasteiger partial charge in [0.1, 0.15) is 28.2 Å². The van der Waals surface area contributed by atoms with Gasteiger partial charge < -0.3 is 8.83 Å². The largest absolute Gasteiger partial charge is 0.456 e. The third kappa shape index (κ3) is 5.51. The number of benzene rings is 8. The van der Waals surface area contributed by atoms with Gasteiger partial charge in [-0.2, -0.15) is 0 Å². The molecule has 0 fully saturated rings. The van der Waals surface area contributed by atoms with Gasteiger partial charge in [0.25, 0.3) is 0 Å². The zero-order valence-electron chi connectivity index (χ0n) is 33.7. The molecule has 0 saturated heterocycles. The van der Waals surface area contributed by atoms with Crippen LogP contribution in [0, 0.1) is 0 Å². The smallest absolute Gasteiger partial charge is 0.164 e. The Balaban J connectivity index is 1.01. The molecule has 1 atom stereocenters.